The molecule has 0 radical (unpaired) electrons. The van der Waals surface area contributed by atoms with Crippen molar-refractivity contribution >= 4 is 24.0 Å². The van der Waals surface area contributed by atoms with Crippen LogP contribution < -0.4 is 0 Å². The first kappa shape index (κ1) is 31.4. The van der Waals surface area contributed by atoms with E-state index in [9.17, 15) is 24.3 Å². The number of ether oxygens (including phenoxy) is 1. The zero-order chi connectivity index (χ0) is 31.3. The van der Waals surface area contributed by atoms with Crippen molar-refractivity contribution < 1.29 is 29.0 Å². The molecule has 0 aromatic rings. The molecule has 42 heavy (non-hydrogen) atoms. The number of aliphatic carboxylic acids is 1. The van der Waals surface area contributed by atoms with Crippen LogP contribution in [-0.2, 0) is 23.9 Å². The Labute approximate surface area is 252 Å². The average Bonchev–Trinajstić information content (AvgIpc) is 2.87. The number of rotatable bonds is 5. The number of carboxylic acids is 1. The van der Waals surface area contributed by atoms with Gasteiger partial charge in [0.15, 0.2) is 5.78 Å². The highest BCUT2D eigenvalue weighted by Crippen LogP contribution is 2.75. The van der Waals surface area contributed by atoms with Crippen LogP contribution >= 0.6 is 0 Å². The molecule has 0 aliphatic heterocycles. The van der Waals surface area contributed by atoms with Crippen molar-refractivity contribution in [2.75, 3.05) is 0 Å². The van der Waals surface area contributed by atoms with Crippen molar-refractivity contribution in [3.63, 3.8) is 0 Å². The van der Waals surface area contributed by atoms with Crippen LogP contribution in [0.1, 0.15) is 127 Å². The first-order chi connectivity index (χ1) is 19.2. The molecule has 0 amide bonds. The second-order valence-electron chi connectivity index (χ2n) is 17.7. The van der Waals surface area contributed by atoms with Crippen LogP contribution in [0.3, 0.4) is 0 Å². The van der Waals surface area contributed by atoms with Gasteiger partial charge in [0, 0.05) is 16.7 Å². The molecule has 0 spiro atoms. The summed E-state index contributed by atoms with van der Waals surface area (Å²) in [6, 6.07) is 0. The molecular formula is C36H54O6. The maximum atomic E-state index is 14.5. The lowest BCUT2D eigenvalue weighted by atomic mass is 9.33. The number of hydrogen-bond donors (Lipinski definition) is 1. The van der Waals surface area contributed by atoms with Gasteiger partial charge in [-0.2, -0.15) is 0 Å². The maximum Gasteiger partial charge on any atom is 0.309 e. The second kappa shape index (κ2) is 9.51. The van der Waals surface area contributed by atoms with E-state index in [2.05, 4.69) is 48.5 Å². The zero-order valence-corrected chi connectivity index (χ0v) is 27.5. The Hall–Kier alpha value is -1.98. The fourth-order valence-corrected chi connectivity index (χ4v) is 11.1. The summed E-state index contributed by atoms with van der Waals surface area (Å²) in [6.07, 6.45) is 11.1. The minimum absolute atomic E-state index is 0.0965. The third-order valence-corrected chi connectivity index (χ3v) is 14.3. The number of esters is 1. The van der Waals surface area contributed by atoms with E-state index in [4.69, 9.17) is 4.74 Å². The molecule has 9 atom stereocenters. The smallest absolute Gasteiger partial charge is 0.309 e. The fourth-order valence-electron chi connectivity index (χ4n) is 11.1. The molecule has 1 N–H and O–H groups in total. The van der Waals surface area contributed by atoms with Crippen molar-refractivity contribution in [2.45, 2.75) is 133 Å². The predicted octanol–water partition coefficient (Wildman–Crippen LogP) is 7.58. The maximum absolute atomic E-state index is 14.5. The van der Waals surface area contributed by atoms with Gasteiger partial charge in [-0.25, -0.2) is 0 Å². The highest BCUT2D eigenvalue weighted by atomic mass is 16.5. The monoisotopic (exact) mass is 582 g/mol. The number of carbonyl (C=O) groups is 4. The van der Waals surface area contributed by atoms with Gasteiger partial charge in [0.2, 0.25) is 0 Å². The number of aldehydes is 1. The van der Waals surface area contributed by atoms with E-state index < -0.39 is 17.4 Å². The van der Waals surface area contributed by atoms with E-state index in [0.717, 1.165) is 57.7 Å². The number of fused-ring (bicyclic) bond motifs is 7. The molecule has 4 fully saturated rings. The first-order valence-corrected chi connectivity index (χ1v) is 16.3. The van der Waals surface area contributed by atoms with Crippen LogP contribution in [0.15, 0.2) is 11.6 Å². The van der Waals surface area contributed by atoms with Crippen LogP contribution in [-0.4, -0.2) is 35.2 Å². The largest absolute Gasteiger partial charge is 0.481 e. The summed E-state index contributed by atoms with van der Waals surface area (Å²) in [5, 5.41) is 9.51. The summed E-state index contributed by atoms with van der Waals surface area (Å²) in [5.41, 5.74) is -0.901. The topological polar surface area (TPSA) is 97.7 Å². The molecule has 234 valence electrons. The van der Waals surface area contributed by atoms with Gasteiger partial charge in [-0.15, -0.1) is 0 Å². The second-order valence-corrected chi connectivity index (χ2v) is 17.7. The fraction of sp³-hybridized carbons (Fsp3) is 0.833. The van der Waals surface area contributed by atoms with Gasteiger partial charge in [0.1, 0.15) is 12.4 Å². The van der Waals surface area contributed by atoms with Crippen LogP contribution in [0.2, 0.25) is 0 Å². The summed E-state index contributed by atoms with van der Waals surface area (Å²) >= 11 is 0. The molecule has 5 rings (SSSR count). The standard InChI is InChI=1S/C36H54O6/c1-30(2,29(40)41)20-27(39)42-26-11-12-34(7)25(31(26,3)4)10-13-36(9)28(34)24(38)18-22-23-19-32(5,21-37)14-15-33(23,6)16-17-35(22,36)8/h18,21,23,25-26,28H,10-17,19-20H2,1-9H3,(H,40,41)/t23-,25?,26-,28?,32-,33+,34-,35?,36+/m0/s1. The number of hydrogen-bond acceptors (Lipinski definition) is 5. The highest BCUT2D eigenvalue weighted by molar-refractivity contribution is 5.95. The molecule has 6 heteroatoms. The number of allylic oxidation sites excluding steroid dienone is 2. The highest BCUT2D eigenvalue weighted by Gasteiger charge is 2.70. The van der Waals surface area contributed by atoms with Gasteiger partial charge in [-0.05, 0) is 111 Å². The van der Waals surface area contributed by atoms with E-state index in [0.29, 0.717) is 6.42 Å². The molecule has 5 aliphatic carbocycles. The lowest BCUT2D eigenvalue weighted by Crippen LogP contribution is -2.66. The zero-order valence-electron chi connectivity index (χ0n) is 27.5. The Morgan fingerprint density at radius 3 is 2.24 bits per heavy atom. The lowest BCUT2D eigenvalue weighted by molar-refractivity contribution is -0.211. The summed E-state index contributed by atoms with van der Waals surface area (Å²) in [5.74, 6) is -0.858. The Bertz CT molecular complexity index is 1230. The first-order valence-electron chi connectivity index (χ1n) is 16.3. The van der Waals surface area contributed by atoms with Gasteiger partial charge in [-0.1, -0.05) is 54.0 Å². The van der Waals surface area contributed by atoms with E-state index in [1.54, 1.807) is 13.8 Å². The molecule has 0 heterocycles. The Kier molecular flexibility index (Phi) is 7.12. The van der Waals surface area contributed by atoms with Crippen molar-refractivity contribution in [3.8, 4) is 0 Å². The summed E-state index contributed by atoms with van der Waals surface area (Å²) < 4.78 is 6.05. The molecule has 0 aromatic heterocycles. The van der Waals surface area contributed by atoms with Crippen LogP contribution in [0.4, 0.5) is 0 Å². The van der Waals surface area contributed by atoms with Crippen molar-refractivity contribution in [1.82, 2.24) is 0 Å². The third kappa shape index (κ3) is 4.30. The summed E-state index contributed by atoms with van der Waals surface area (Å²) in [4.78, 5) is 51.2. The predicted molar refractivity (Wildman–Crippen MR) is 161 cm³/mol. The third-order valence-electron chi connectivity index (χ3n) is 14.3. The molecule has 6 nitrogen and oxygen atoms in total. The van der Waals surface area contributed by atoms with Gasteiger partial charge < -0.3 is 14.6 Å². The Balaban J connectivity index is 1.47. The number of carbonyl (C=O) groups excluding carboxylic acids is 3. The van der Waals surface area contributed by atoms with Crippen molar-refractivity contribution in [3.05, 3.63) is 11.6 Å². The van der Waals surface area contributed by atoms with Gasteiger partial charge in [0.05, 0.1) is 11.8 Å². The van der Waals surface area contributed by atoms with E-state index >= 15 is 0 Å². The van der Waals surface area contributed by atoms with Crippen molar-refractivity contribution in [1.29, 1.82) is 0 Å². The van der Waals surface area contributed by atoms with Gasteiger partial charge in [0.25, 0.3) is 0 Å². The SMILES string of the molecule is CC(C)(CC(=O)O[C@H]1CC[C@@]2(C)C(CC[C@]3(C)C2C(=O)C=C2[C@@H]4C[C@@](C)(C=O)CC[C@]4(C)CCC23C)C1(C)C)C(=O)O. The minimum atomic E-state index is -1.18. The van der Waals surface area contributed by atoms with Crippen LogP contribution in [0.5, 0.6) is 0 Å². The van der Waals surface area contributed by atoms with Crippen LogP contribution in [0.25, 0.3) is 0 Å². The minimum Gasteiger partial charge on any atom is -0.481 e. The molecule has 0 aromatic carbocycles. The van der Waals surface area contributed by atoms with Crippen molar-refractivity contribution in [2.24, 2.45) is 55.7 Å². The molecule has 3 unspecified atom stereocenters. The number of carboxylic acid groups (broad SMARTS) is 1. The van der Waals surface area contributed by atoms with Gasteiger partial charge >= 0.3 is 11.9 Å². The molecule has 0 bridgehead atoms. The Morgan fingerprint density at radius 2 is 1.62 bits per heavy atom. The summed E-state index contributed by atoms with van der Waals surface area (Å²) in [7, 11) is 0. The lowest BCUT2D eigenvalue weighted by Gasteiger charge is -2.70. The number of ketones is 1. The quantitative estimate of drug-likeness (QED) is 0.265. The average molecular weight is 583 g/mol. The molecule has 4 saturated carbocycles. The summed E-state index contributed by atoms with van der Waals surface area (Å²) in [6.45, 7) is 19.1. The van der Waals surface area contributed by atoms with Gasteiger partial charge in [-0.3, -0.25) is 14.4 Å². The van der Waals surface area contributed by atoms with E-state index in [1.165, 1.54) is 5.57 Å². The Morgan fingerprint density at radius 1 is 0.976 bits per heavy atom. The molecule has 0 saturated heterocycles. The molecule has 5 aliphatic rings. The molecular weight excluding hydrogens is 528 g/mol. The van der Waals surface area contributed by atoms with Crippen LogP contribution in [0, 0.1) is 55.7 Å². The van der Waals surface area contributed by atoms with E-state index in [1.807, 2.05) is 6.08 Å². The van der Waals surface area contributed by atoms with E-state index in [-0.39, 0.29) is 68.6 Å². The normalized spacial score (nSPS) is 46.2.